The van der Waals surface area contributed by atoms with Gasteiger partial charge in [-0.25, -0.2) is 14.8 Å². The van der Waals surface area contributed by atoms with E-state index in [2.05, 4.69) is 20.1 Å². The van der Waals surface area contributed by atoms with Crippen LogP contribution >= 0.6 is 11.6 Å². The van der Waals surface area contributed by atoms with Crippen molar-refractivity contribution in [3.05, 3.63) is 23.1 Å². The van der Waals surface area contributed by atoms with Gasteiger partial charge in [0.05, 0.1) is 16.5 Å². The number of hydrogen-bond acceptors (Lipinski definition) is 7. The number of carbonyl (C=O) groups excluding carboxylic acids is 1. The maximum absolute atomic E-state index is 12.3. The first-order chi connectivity index (χ1) is 13.1. The number of amides is 1. The second-order valence-electron chi connectivity index (χ2n) is 7.98. The highest BCUT2D eigenvalue weighted by Crippen LogP contribution is 2.27. The summed E-state index contributed by atoms with van der Waals surface area (Å²) in [6.45, 7) is 8.64. The van der Waals surface area contributed by atoms with Gasteiger partial charge in [0.1, 0.15) is 11.4 Å². The molecule has 1 aliphatic rings. The lowest BCUT2D eigenvalue weighted by molar-refractivity contribution is 0.0196. The normalized spacial score (nSPS) is 15.1. The molecule has 1 amide bonds. The van der Waals surface area contributed by atoms with E-state index in [9.17, 15) is 4.79 Å². The molecule has 9 nitrogen and oxygen atoms in total. The number of carbonyl (C=O) groups is 1. The lowest BCUT2D eigenvalue weighted by Crippen LogP contribution is -2.61. The maximum Gasteiger partial charge on any atom is 0.410 e. The van der Waals surface area contributed by atoms with Crippen LogP contribution in [0.15, 0.2) is 12.3 Å². The van der Waals surface area contributed by atoms with Crippen LogP contribution in [-0.2, 0) is 4.74 Å². The van der Waals surface area contributed by atoms with Crippen molar-refractivity contribution in [1.82, 2.24) is 29.5 Å². The molecule has 0 saturated carbocycles. The number of anilines is 1. The van der Waals surface area contributed by atoms with Crippen LogP contribution in [0.2, 0.25) is 5.02 Å². The third-order valence-electron chi connectivity index (χ3n) is 4.56. The van der Waals surface area contributed by atoms with Gasteiger partial charge in [-0.1, -0.05) is 11.6 Å². The number of nitrogens with zero attached hydrogens (tertiary/aromatic N) is 7. The van der Waals surface area contributed by atoms with Gasteiger partial charge in [0.25, 0.3) is 0 Å². The molecule has 0 unspecified atom stereocenters. The Labute approximate surface area is 167 Å². The largest absolute Gasteiger partial charge is 0.444 e. The molecule has 0 aromatic carbocycles. The molecule has 0 radical (unpaired) electrons. The van der Waals surface area contributed by atoms with E-state index in [-0.39, 0.29) is 12.1 Å². The molecule has 1 saturated heterocycles. The van der Waals surface area contributed by atoms with E-state index in [0.29, 0.717) is 41.2 Å². The highest BCUT2D eigenvalue weighted by molar-refractivity contribution is 6.31. The fourth-order valence-electron chi connectivity index (χ4n) is 3.11. The van der Waals surface area contributed by atoms with Gasteiger partial charge in [-0.3, -0.25) is 0 Å². The Morgan fingerprint density at radius 2 is 2.04 bits per heavy atom. The number of rotatable bonds is 2. The molecular weight excluding hydrogens is 382 g/mol. The molecular formula is C18H22ClN7O2. The van der Waals surface area contributed by atoms with E-state index in [1.54, 1.807) is 28.7 Å². The number of hydrogen-bond donors (Lipinski definition) is 0. The summed E-state index contributed by atoms with van der Waals surface area (Å²) in [5.41, 5.74) is 0.700. The van der Waals surface area contributed by atoms with Crippen LogP contribution in [-0.4, -0.2) is 67.3 Å². The lowest BCUT2D eigenvalue weighted by atomic mass is 10.1. The minimum atomic E-state index is -0.522. The SMILES string of the molecule is Cc1nc2c3cc(Cl)cnc3nc(N3CC(N(C)C(=O)OC(C)(C)C)C3)n2n1. The zero-order chi connectivity index (χ0) is 20.2. The van der Waals surface area contributed by atoms with Crippen molar-refractivity contribution in [3.8, 4) is 0 Å². The van der Waals surface area contributed by atoms with E-state index < -0.39 is 5.60 Å². The van der Waals surface area contributed by atoms with Crippen molar-refractivity contribution in [3.63, 3.8) is 0 Å². The number of aryl methyl sites for hydroxylation is 1. The Bertz CT molecular complexity index is 1070. The number of ether oxygens (including phenoxy) is 1. The number of fused-ring (bicyclic) bond motifs is 3. The summed E-state index contributed by atoms with van der Waals surface area (Å²) in [5, 5.41) is 5.75. The topological polar surface area (TPSA) is 88.8 Å². The molecule has 0 N–H and O–H groups in total. The van der Waals surface area contributed by atoms with Crippen LogP contribution in [0.1, 0.15) is 26.6 Å². The Kier molecular flexibility index (Phi) is 4.29. The minimum Gasteiger partial charge on any atom is -0.444 e. The van der Waals surface area contributed by atoms with Crippen molar-refractivity contribution in [2.24, 2.45) is 0 Å². The first kappa shape index (κ1) is 18.7. The van der Waals surface area contributed by atoms with Gasteiger partial charge >= 0.3 is 6.09 Å². The second-order valence-corrected chi connectivity index (χ2v) is 8.42. The third-order valence-corrected chi connectivity index (χ3v) is 4.76. The maximum atomic E-state index is 12.3. The number of likely N-dealkylation sites (N-methyl/N-ethyl adjacent to an activating group) is 1. The van der Waals surface area contributed by atoms with Crippen LogP contribution in [0.3, 0.4) is 0 Å². The fourth-order valence-corrected chi connectivity index (χ4v) is 3.27. The summed E-state index contributed by atoms with van der Waals surface area (Å²) < 4.78 is 7.15. The van der Waals surface area contributed by atoms with E-state index in [4.69, 9.17) is 16.3 Å². The predicted octanol–water partition coefficient (Wildman–Crippen LogP) is 2.69. The quantitative estimate of drug-likeness (QED) is 0.649. The first-order valence-electron chi connectivity index (χ1n) is 9.02. The highest BCUT2D eigenvalue weighted by Gasteiger charge is 2.36. The fraction of sp³-hybridized carbons (Fsp3) is 0.500. The Morgan fingerprint density at radius 1 is 1.32 bits per heavy atom. The van der Waals surface area contributed by atoms with Crippen molar-refractivity contribution >= 4 is 40.3 Å². The van der Waals surface area contributed by atoms with E-state index >= 15 is 0 Å². The van der Waals surface area contributed by atoms with Gasteiger partial charge in [0.15, 0.2) is 11.3 Å². The van der Waals surface area contributed by atoms with Gasteiger partial charge < -0.3 is 14.5 Å². The standard InChI is InChI=1S/C18H22ClN7O2/c1-10-21-15-13-6-11(19)7-20-14(13)22-16(26(15)23-10)25-8-12(9-25)24(5)17(27)28-18(2,3)4/h6-7,12H,8-9H2,1-5H3. The summed E-state index contributed by atoms with van der Waals surface area (Å²) in [5.74, 6) is 1.28. The molecule has 3 aromatic rings. The Morgan fingerprint density at radius 3 is 2.71 bits per heavy atom. The zero-order valence-electron chi connectivity index (χ0n) is 16.5. The smallest absolute Gasteiger partial charge is 0.410 e. The van der Waals surface area contributed by atoms with Crippen LogP contribution in [0.25, 0.3) is 16.7 Å². The third kappa shape index (κ3) is 3.30. The van der Waals surface area contributed by atoms with E-state index in [1.807, 2.05) is 32.6 Å². The molecule has 1 aliphatic heterocycles. The van der Waals surface area contributed by atoms with E-state index in [1.165, 1.54) is 0 Å². The van der Waals surface area contributed by atoms with E-state index in [0.717, 1.165) is 5.39 Å². The first-order valence-corrected chi connectivity index (χ1v) is 9.39. The van der Waals surface area contributed by atoms with Crippen molar-refractivity contribution in [2.75, 3.05) is 25.0 Å². The molecule has 3 aromatic heterocycles. The van der Waals surface area contributed by atoms with Crippen molar-refractivity contribution < 1.29 is 9.53 Å². The average Bonchev–Trinajstić information content (AvgIpc) is 2.94. The summed E-state index contributed by atoms with van der Waals surface area (Å²) in [7, 11) is 1.75. The summed E-state index contributed by atoms with van der Waals surface area (Å²) in [6.07, 6.45) is 1.23. The van der Waals surface area contributed by atoms with Gasteiger partial charge in [0, 0.05) is 26.3 Å². The predicted molar refractivity (Wildman–Crippen MR) is 106 cm³/mol. The Balaban J connectivity index is 1.61. The van der Waals surface area contributed by atoms with Crippen molar-refractivity contribution in [1.29, 1.82) is 0 Å². The summed E-state index contributed by atoms with van der Waals surface area (Å²) >= 11 is 6.09. The van der Waals surface area contributed by atoms with Crippen LogP contribution in [0.5, 0.6) is 0 Å². The molecule has 0 aliphatic carbocycles. The molecule has 0 atom stereocenters. The molecule has 4 heterocycles. The minimum absolute atomic E-state index is 0.0326. The van der Waals surface area contributed by atoms with Crippen LogP contribution in [0, 0.1) is 6.92 Å². The molecule has 0 spiro atoms. The van der Waals surface area contributed by atoms with Gasteiger partial charge in [-0.2, -0.15) is 9.50 Å². The average molecular weight is 404 g/mol. The monoisotopic (exact) mass is 403 g/mol. The number of halogens is 1. The lowest BCUT2D eigenvalue weighted by Gasteiger charge is -2.44. The van der Waals surface area contributed by atoms with Crippen molar-refractivity contribution in [2.45, 2.75) is 39.3 Å². The number of pyridine rings is 1. The molecule has 4 rings (SSSR count). The molecule has 0 bridgehead atoms. The van der Waals surface area contributed by atoms with Gasteiger partial charge in [-0.15, -0.1) is 5.10 Å². The molecule has 28 heavy (non-hydrogen) atoms. The zero-order valence-corrected chi connectivity index (χ0v) is 17.2. The van der Waals surface area contributed by atoms with Gasteiger partial charge in [0.2, 0.25) is 5.95 Å². The summed E-state index contributed by atoms with van der Waals surface area (Å²) in [6, 6.07) is 1.82. The molecule has 1 fully saturated rings. The number of aromatic nitrogens is 5. The van der Waals surface area contributed by atoms with Crippen LogP contribution < -0.4 is 4.90 Å². The molecule has 10 heteroatoms. The second kappa shape index (κ2) is 6.44. The van der Waals surface area contributed by atoms with Crippen LogP contribution in [0.4, 0.5) is 10.7 Å². The van der Waals surface area contributed by atoms with Gasteiger partial charge in [-0.05, 0) is 33.8 Å². The molecule has 148 valence electrons. The highest BCUT2D eigenvalue weighted by atomic mass is 35.5. The summed E-state index contributed by atoms with van der Waals surface area (Å²) in [4.78, 5) is 29.4. The Hall–Kier alpha value is -2.68.